The van der Waals surface area contributed by atoms with E-state index in [-0.39, 0.29) is 0 Å². The van der Waals surface area contributed by atoms with Crippen LogP contribution in [0.1, 0.15) is 58.1 Å². The third-order valence-corrected chi connectivity index (χ3v) is 3.58. The lowest BCUT2D eigenvalue weighted by Gasteiger charge is -2.22. The third kappa shape index (κ3) is 6.38. The van der Waals surface area contributed by atoms with Gasteiger partial charge >= 0.3 is 0 Å². The molecule has 1 N–H and O–H groups in total. The molecule has 2 atom stereocenters. The number of hydrogen-bond donors (Lipinski definition) is 1. The molecule has 0 heterocycles. The fraction of sp³-hybridized carbons (Fsp3) is 0.579. The van der Waals surface area contributed by atoms with Crippen LogP contribution >= 0.6 is 0 Å². The van der Waals surface area contributed by atoms with E-state index in [1.807, 2.05) is 0 Å². The molecule has 1 aromatic carbocycles. The Morgan fingerprint density at radius 2 is 1.70 bits per heavy atom. The maximum Gasteiger partial charge on any atom is 0.0258 e. The highest BCUT2D eigenvalue weighted by molar-refractivity contribution is 5.24. The quantitative estimate of drug-likeness (QED) is 0.684. The third-order valence-electron chi connectivity index (χ3n) is 3.58. The van der Waals surface area contributed by atoms with Crippen LogP contribution < -0.4 is 5.32 Å². The number of allylic oxidation sites excluding steroid dienone is 1. The summed E-state index contributed by atoms with van der Waals surface area (Å²) >= 11 is 0. The molecule has 2 unspecified atom stereocenters. The van der Waals surface area contributed by atoms with Crippen LogP contribution in [0, 0.1) is 12.8 Å². The van der Waals surface area contributed by atoms with Gasteiger partial charge in [-0.15, -0.1) is 0 Å². The molecule has 1 nitrogen and oxygen atoms in total. The Balaban J connectivity index is 2.67. The van der Waals surface area contributed by atoms with Crippen LogP contribution in [-0.2, 0) is 0 Å². The van der Waals surface area contributed by atoms with E-state index in [0.29, 0.717) is 17.9 Å². The minimum absolute atomic E-state index is 0.471. The van der Waals surface area contributed by atoms with Crippen molar-refractivity contribution in [1.29, 1.82) is 0 Å². The Kier molecular flexibility index (Phi) is 7.01. The summed E-state index contributed by atoms with van der Waals surface area (Å²) in [6.45, 7) is 14.4. The van der Waals surface area contributed by atoms with Crippen LogP contribution in [0.4, 0.5) is 0 Å². The van der Waals surface area contributed by atoms with Gasteiger partial charge in [0.2, 0.25) is 0 Å². The largest absolute Gasteiger partial charge is 0.310 e. The van der Waals surface area contributed by atoms with Crippen LogP contribution in [0.2, 0.25) is 0 Å². The van der Waals surface area contributed by atoms with Crippen LogP contribution in [0.5, 0.6) is 0 Å². The molecule has 0 saturated heterocycles. The van der Waals surface area contributed by atoms with Crippen molar-refractivity contribution in [1.82, 2.24) is 5.32 Å². The first-order valence-corrected chi connectivity index (χ1v) is 7.83. The van der Waals surface area contributed by atoms with Crippen molar-refractivity contribution in [2.45, 2.75) is 59.9 Å². The zero-order chi connectivity index (χ0) is 15.1. The maximum absolute atomic E-state index is 3.69. The van der Waals surface area contributed by atoms with E-state index in [2.05, 4.69) is 77.2 Å². The molecular weight excluding hydrogens is 242 g/mol. The molecule has 0 aliphatic carbocycles. The molecule has 0 amide bonds. The zero-order valence-corrected chi connectivity index (χ0v) is 14.0. The Hall–Kier alpha value is -1.08. The number of hydrogen-bond acceptors (Lipinski definition) is 1. The van der Waals surface area contributed by atoms with Gasteiger partial charge in [0, 0.05) is 6.04 Å². The average molecular weight is 273 g/mol. The predicted molar refractivity (Wildman–Crippen MR) is 90.3 cm³/mol. The molecule has 0 aliphatic heterocycles. The molecule has 0 spiro atoms. The molecule has 0 aliphatic rings. The van der Waals surface area contributed by atoms with E-state index in [0.717, 1.165) is 13.0 Å². The summed E-state index contributed by atoms with van der Waals surface area (Å²) in [6, 6.07) is 9.43. The van der Waals surface area contributed by atoms with Crippen molar-refractivity contribution in [3.63, 3.8) is 0 Å². The minimum Gasteiger partial charge on any atom is -0.310 e. The standard InChI is InChI=1S/C19H31N/c1-14(2)11-19(20-13-15(3)4)12-17(6)18-9-7-16(5)8-10-18/h7-11,15,17,19-20H,12-13H2,1-6H3. The average Bonchev–Trinajstić information content (AvgIpc) is 2.36. The fourth-order valence-corrected chi connectivity index (χ4v) is 2.41. The Morgan fingerprint density at radius 1 is 1.10 bits per heavy atom. The molecule has 0 aromatic heterocycles. The lowest BCUT2D eigenvalue weighted by atomic mass is 9.92. The van der Waals surface area contributed by atoms with E-state index in [4.69, 9.17) is 0 Å². The molecule has 0 saturated carbocycles. The van der Waals surface area contributed by atoms with Crippen LogP contribution in [-0.4, -0.2) is 12.6 Å². The van der Waals surface area contributed by atoms with Gasteiger partial charge in [0.05, 0.1) is 0 Å². The summed E-state index contributed by atoms with van der Waals surface area (Å²) in [5, 5.41) is 3.69. The number of nitrogens with one attached hydrogen (secondary N) is 1. The second-order valence-electron chi connectivity index (χ2n) is 6.70. The van der Waals surface area contributed by atoms with Gasteiger partial charge < -0.3 is 5.32 Å². The summed E-state index contributed by atoms with van der Waals surface area (Å²) in [5.74, 6) is 1.27. The van der Waals surface area contributed by atoms with Gasteiger partial charge in [-0.05, 0) is 51.1 Å². The van der Waals surface area contributed by atoms with E-state index < -0.39 is 0 Å². The second kappa shape index (κ2) is 8.26. The van der Waals surface area contributed by atoms with Crippen molar-refractivity contribution in [3.05, 3.63) is 47.0 Å². The van der Waals surface area contributed by atoms with Crippen molar-refractivity contribution < 1.29 is 0 Å². The molecule has 0 bridgehead atoms. The minimum atomic E-state index is 0.471. The van der Waals surface area contributed by atoms with E-state index in [9.17, 15) is 0 Å². The van der Waals surface area contributed by atoms with Gasteiger partial charge in [0.1, 0.15) is 0 Å². The smallest absolute Gasteiger partial charge is 0.0258 e. The molecule has 0 radical (unpaired) electrons. The first-order valence-electron chi connectivity index (χ1n) is 7.83. The summed E-state index contributed by atoms with van der Waals surface area (Å²) in [6.07, 6.45) is 3.52. The maximum atomic E-state index is 3.69. The molecule has 0 fully saturated rings. The Bertz CT molecular complexity index is 410. The first-order chi connectivity index (χ1) is 9.38. The lowest BCUT2D eigenvalue weighted by Crippen LogP contribution is -2.32. The van der Waals surface area contributed by atoms with Crippen molar-refractivity contribution in [2.75, 3.05) is 6.54 Å². The van der Waals surface area contributed by atoms with Crippen LogP contribution in [0.15, 0.2) is 35.9 Å². The normalized spacial score (nSPS) is 14.2. The highest BCUT2D eigenvalue weighted by atomic mass is 14.9. The van der Waals surface area contributed by atoms with Crippen molar-refractivity contribution >= 4 is 0 Å². The summed E-state index contributed by atoms with van der Waals surface area (Å²) < 4.78 is 0. The molecule has 20 heavy (non-hydrogen) atoms. The number of aryl methyl sites for hydroxylation is 1. The number of rotatable bonds is 7. The molecular formula is C19H31N. The van der Waals surface area contributed by atoms with Crippen molar-refractivity contribution in [2.24, 2.45) is 5.92 Å². The monoisotopic (exact) mass is 273 g/mol. The molecule has 1 heteroatoms. The van der Waals surface area contributed by atoms with Crippen molar-refractivity contribution in [3.8, 4) is 0 Å². The summed E-state index contributed by atoms with van der Waals surface area (Å²) in [7, 11) is 0. The van der Waals surface area contributed by atoms with Gasteiger partial charge in [-0.2, -0.15) is 0 Å². The van der Waals surface area contributed by atoms with Crippen LogP contribution in [0.3, 0.4) is 0 Å². The zero-order valence-electron chi connectivity index (χ0n) is 14.0. The Labute approximate surface area is 125 Å². The van der Waals surface area contributed by atoms with Crippen LogP contribution in [0.25, 0.3) is 0 Å². The summed E-state index contributed by atoms with van der Waals surface area (Å²) in [5.41, 5.74) is 4.16. The van der Waals surface area contributed by atoms with Gasteiger partial charge in [-0.25, -0.2) is 0 Å². The van der Waals surface area contributed by atoms with Gasteiger partial charge in [-0.3, -0.25) is 0 Å². The topological polar surface area (TPSA) is 12.0 Å². The van der Waals surface area contributed by atoms with Gasteiger partial charge in [-0.1, -0.05) is 62.2 Å². The SMILES string of the molecule is CC(C)=CC(CC(C)c1ccc(C)cc1)NCC(C)C. The highest BCUT2D eigenvalue weighted by Crippen LogP contribution is 2.22. The van der Waals surface area contributed by atoms with E-state index in [1.165, 1.54) is 16.7 Å². The molecule has 1 rings (SSSR count). The fourth-order valence-electron chi connectivity index (χ4n) is 2.41. The molecule has 1 aromatic rings. The van der Waals surface area contributed by atoms with Gasteiger partial charge in [0.25, 0.3) is 0 Å². The predicted octanol–water partition coefficient (Wildman–Crippen LogP) is 5.07. The van der Waals surface area contributed by atoms with E-state index in [1.54, 1.807) is 0 Å². The van der Waals surface area contributed by atoms with Gasteiger partial charge in [0.15, 0.2) is 0 Å². The first kappa shape index (κ1) is 17.0. The highest BCUT2D eigenvalue weighted by Gasteiger charge is 2.12. The molecule has 112 valence electrons. The van der Waals surface area contributed by atoms with E-state index >= 15 is 0 Å². The lowest BCUT2D eigenvalue weighted by molar-refractivity contribution is 0.468. The number of benzene rings is 1. The second-order valence-corrected chi connectivity index (χ2v) is 6.70. The Morgan fingerprint density at radius 3 is 2.20 bits per heavy atom. The summed E-state index contributed by atoms with van der Waals surface area (Å²) in [4.78, 5) is 0.